The van der Waals surface area contributed by atoms with Gasteiger partial charge in [-0.3, -0.25) is 10.1 Å². The third-order valence-corrected chi connectivity index (χ3v) is 3.37. The van der Waals surface area contributed by atoms with Crippen LogP contribution in [0.2, 0.25) is 0 Å². The Balaban J connectivity index is 2.42. The van der Waals surface area contributed by atoms with Crippen molar-refractivity contribution in [2.45, 2.75) is 18.0 Å². The molecule has 0 bridgehead atoms. The van der Waals surface area contributed by atoms with Crippen LogP contribution in [0, 0.1) is 17.0 Å². The molecular weight excluding hydrogens is 319 g/mol. The number of nitro groups is 1. The first-order valence-electron chi connectivity index (χ1n) is 6.01. The zero-order valence-corrected chi connectivity index (χ0v) is 12.1. The van der Waals surface area contributed by atoms with Gasteiger partial charge in [0.15, 0.2) is 0 Å². The van der Waals surface area contributed by atoms with Crippen LogP contribution in [-0.4, -0.2) is 4.92 Å². The molecule has 0 spiro atoms. The van der Waals surface area contributed by atoms with Crippen LogP contribution in [0.25, 0.3) is 0 Å². The molecule has 0 aliphatic carbocycles. The fraction of sp³-hybridized carbons (Fsp3) is 0.143. The van der Waals surface area contributed by atoms with Gasteiger partial charge in [-0.1, -0.05) is 6.07 Å². The lowest BCUT2D eigenvalue weighted by Crippen LogP contribution is -2.06. The third-order valence-electron chi connectivity index (χ3n) is 2.89. The minimum absolute atomic E-state index is 0.249. The molecule has 0 saturated heterocycles. The SMILES string of the molecule is Cc1ccc(Oc2ccc(C(F)(F)F)cc2[N+](=O)[O-])cc1S. The largest absolute Gasteiger partial charge is 0.450 e. The summed E-state index contributed by atoms with van der Waals surface area (Å²) in [4.78, 5) is 10.6. The molecule has 0 aromatic heterocycles. The molecule has 116 valence electrons. The Morgan fingerprint density at radius 2 is 1.86 bits per heavy atom. The number of alkyl halides is 3. The summed E-state index contributed by atoms with van der Waals surface area (Å²) in [5.74, 6) is -0.0203. The molecule has 2 aromatic rings. The molecule has 22 heavy (non-hydrogen) atoms. The van der Waals surface area contributed by atoms with Crippen LogP contribution < -0.4 is 4.74 Å². The van der Waals surface area contributed by atoms with E-state index in [0.717, 1.165) is 17.7 Å². The molecule has 4 nitrogen and oxygen atoms in total. The van der Waals surface area contributed by atoms with Crippen molar-refractivity contribution < 1.29 is 22.8 Å². The molecule has 0 saturated carbocycles. The van der Waals surface area contributed by atoms with Crippen LogP contribution in [0.4, 0.5) is 18.9 Å². The van der Waals surface area contributed by atoms with Gasteiger partial charge in [-0.05, 0) is 36.8 Å². The van der Waals surface area contributed by atoms with Crippen LogP contribution in [-0.2, 0) is 6.18 Å². The van der Waals surface area contributed by atoms with E-state index in [-0.39, 0.29) is 11.5 Å². The Morgan fingerprint density at radius 3 is 2.41 bits per heavy atom. The number of hydrogen-bond acceptors (Lipinski definition) is 4. The van der Waals surface area contributed by atoms with Gasteiger partial charge in [0, 0.05) is 11.0 Å². The van der Waals surface area contributed by atoms with Crippen LogP contribution in [0.5, 0.6) is 11.5 Å². The second-order valence-electron chi connectivity index (χ2n) is 4.49. The van der Waals surface area contributed by atoms with E-state index in [4.69, 9.17) is 4.74 Å². The number of nitro benzene ring substituents is 1. The van der Waals surface area contributed by atoms with Crippen molar-refractivity contribution >= 4 is 18.3 Å². The minimum atomic E-state index is -4.66. The monoisotopic (exact) mass is 329 g/mol. The summed E-state index contributed by atoms with van der Waals surface area (Å²) in [5.41, 5.74) is -0.987. The fourth-order valence-corrected chi connectivity index (χ4v) is 1.90. The summed E-state index contributed by atoms with van der Waals surface area (Å²) in [6, 6.07) is 6.88. The van der Waals surface area contributed by atoms with Crippen molar-refractivity contribution in [3.63, 3.8) is 0 Å². The number of halogens is 3. The second kappa shape index (κ2) is 5.88. The highest BCUT2D eigenvalue weighted by Crippen LogP contribution is 2.38. The van der Waals surface area contributed by atoms with Gasteiger partial charge < -0.3 is 4.74 Å². The molecule has 0 aliphatic rings. The first-order valence-corrected chi connectivity index (χ1v) is 6.46. The molecular formula is C14H10F3NO3S. The van der Waals surface area contributed by atoms with Crippen molar-refractivity contribution in [3.05, 3.63) is 57.6 Å². The van der Waals surface area contributed by atoms with Crippen molar-refractivity contribution in [2.75, 3.05) is 0 Å². The molecule has 8 heteroatoms. The summed E-state index contributed by atoms with van der Waals surface area (Å²) in [5, 5.41) is 11.0. The highest BCUT2D eigenvalue weighted by Gasteiger charge is 2.33. The van der Waals surface area contributed by atoms with Gasteiger partial charge in [0.2, 0.25) is 5.75 Å². The highest BCUT2D eigenvalue weighted by atomic mass is 32.1. The molecule has 0 N–H and O–H groups in total. The molecule has 2 rings (SSSR count). The minimum Gasteiger partial charge on any atom is -0.450 e. The number of aryl methyl sites for hydroxylation is 1. The quantitative estimate of drug-likeness (QED) is 0.489. The molecule has 0 amide bonds. The second-order valence-corrected chi connectivity index (χ2v) is 4.97. The van der Waals surface area contributed by atoms with Gasteiger partial charge in [0.05, 0.1) is 10.5 Å². The van der Waals surface area contributed by atoms with E-state index in [1.54, 1.807) is 12.1 Å². The van der Waals surface area contributed by atoms with Crippen molar-refractivity contribution in [1.82, 2.24) is 0 Å². The van der Waals surface area contributed by atoms with Crippen LogP contribution in [0.15, 0.2) is 41.3 Å². The van der Waals surface area contributed by atoms with E-state index in [2.05, 4.69) is 12.6 Å². The number of thiol groups is 1. The zero-order chi connectivity index (χ0) is 16.5. The van der Waals surface area contributed by atoms with Gasteiger partial charge in [0.1, 0.15) is 5.75 Å². The average Bonchev–Trinajstić information content (AvgIpc) is 2.42. The Bertz CT molecular complexity index is 732. The van der Waals surface area contributed by atoms with E-state index >= 15 is 0 Å². The lowest BCUT2D eigenvalue weighted by molar-refractivity contribution is -0.385. The molecule has 0 fully saturated rings. The van der Waals surface area contributed by atoms with Crippen molar-refractivity contribution in [3.8, 4) is 11.5 Å². The Kier molecular flexibility index (Phi) is 4.32. The molecule has 0 aliphatic heterocycles. The van der Waals surface area contributed by atoms with E-state index in [1.165, 1.54) is 6.07 Å². The summed E-state index contributed by atoms with van der Waals surface area (Å²) >= 11 is 4.19. The van der Waals surface area contributed by atoms with Crippen molar-refractivity contribution in [2.24, 2.45) is 0 Å². The van der Waals surface area contributed by atoms with Gasteiger partial charge in [-0.25, -0.2) is 0 Å². The fourth-order valence-electron chi connectivity index (χ4n) is 1.70. The Hall–Kier alpha value is -2.22. The molecule has 2 aromatic carbocycles. The van der Waals surface area contributed by atoms with Crippen molar-refractivity contribution in [1.29, 1.82) is 0 Å². The predicted molar refractivity (Wildman–Crippen MR) is 76.6 cm³/mol. The number of benzene rings is 2. The summed E-state index contributed by atoms with van der Waals surface area (Å²) in [6.45, 7) is 1.81. The van der Waals surface area contributed by atoms with Crippen LogP contribution in [0.3, 0.4) is 0 Å². The standard InChI is InChI=1S/C14H10F3NO3S/c1-8-2-4-10(7-13(8)22)21-12-5-3-9(14(15,16)17)6-11(12)18(19)20/h2-7,22H,1H3. The van der Waals surface area contributed by atoms with E-state index in [1.807, 2.05) is 6.92 Å². The maximum Gasteiger partial charge on any atom is 0.416 e. The normalized spacial score (nSPS) is 11.3. The first-order chi connectivity index (χ1) is 10.2. The topological polar surface area (TPSA) is 52.4 Å². The summed E-state index contributed by atoms with van der Waals surface area (Å²) < 4.78 is 43.2. The summed E-state index contributed by atoms with van der Waals surface area (Å²) in [6.07, 6.45) is -4.66. The maximum atomic E-state index is 12.6. The maximum absolute atomic E-state index is 12.6. The molecule has 0 unspecified atom stereocenters. The first kappa shape index (κ1) is 16.2. The van der Waals surface area contributed by atoms with Gasteiger partial charge in [0.25, 0.3) is 0 Å². The van der Waals surface area contributed by atoms with Crippen LogP contribution in [0.1, 0.15) is 11.1 Å². The lowest BCUT2D eigenvalue weighted by atomic mass is 10.2. The van der Waals surface area contributed by atoms with E-state index in [9.17, 15) is 23.3 Å². The van der Waals surface area contributed by atoms with Gasteiger partial charge >= 0.3 is 11.9 Å². The number of nitrogens with zero attached hydrogens (tertiary/aromatic N) is 1. The average molecular weight is 329 g/mol. The Labute approximate surface area is 129 Å². The molecule has 0 radical (unpaired) electrons. The van der Waals surface area contributed by atoms with Gasteiger partial charge in [-0.15, -0.1) is 12.6 Å². The Morgan fingerprint density at radius 1 is 1.18 bits per heavy atom. The smallest absolute Gasteiger partial charge is 0.416 e. The highest BCUT2D eigenvalue weighted by molar-refractivity contribution is 7.80. The lowest BCUT2D eigenvalue weighted by Gasteiger charge is -2.10. The third kappa shape index (κ3) is 3.51. The van der Waals surface area contributed by atoms with E-state index in [0.29, 0.717) is 11.0 Å². The van der Waals surface area contributed by atoms with E-state index < -0.39 is 22.4 Å². The van der Waals surface area contributed by atoms with Crippen LogP contribution >= 0.6 is 12.6 Å². The number of rotatable bonds is 3. The molecule has 0 atom stereocenters. The zero-order valence-electron chi connectivity index (χ0n) is 11.2. The molecule has 0 heterocycles. The number of hydrogen-bond donors (Lipinski definition) is 1. The number of ether oxygens (including phenoxy) is 1. The predicted octanol–water partition coefficient (Wildman–Crippen LogP) is 5.00. The summed E-state index contributed by atoms with van der Waals surface area (Å²) in [7, 11) is 0. The van der Waals surface area contributed by atoms with Gasteiger partial charge in [-0.2, -0.15) is 13.2 Å².